The summed E-state index contributed by atoms with van der Waals surface area (Å²) in [4.78, 5) is 21.4. The maximum atomic E-state index is 13.5. The van der Waals surface area contributed by atoms with Gasteiger partial charge in [-0.05, 0) is 6.07 Å². The highest BCUT2D eigenvalue weighted by Gasteiger charge is 2.18. The third-order valence-corrected chi connectivity index (χ3v) is 1.87. The van der Waals surface area contributed by atoms with Crippen LogP contribution in [0.2, 0.25) is 0 Å². The molecule has 2 N–H and O–H groups in total. The number of carbonyl (C=O) groups is 2. The predicted molar refractivity (Wildman–Crippen MR) is 54.3 cm³/mol. The number of hydrogen-bond acceptors (Lipinski definition) is 4. The fraction of sp³-hybridized carbons (Fsp3) is 0.200. The fourth-order valence-corrected chi connectivity index (χ4v) is 1.22. The number of ether oxygens (including phenoxy) is 1. The quantitative estimate of drug-likeness (QED) is 0.603. The van der Waals surface area contributed by atoms with E-state index in [1.54, 1.807) is 0 Å². The maximum absolute atomic E-state index is 13.5. The molecular weight excluding hydrogens is 217 g/mol. The summed E-state index contributed by atoms with van der Waals surface area (Å²) in [5, 5.41) is 11.6. The number of benzene rings is 1. The first kappa shape index (κ1) is 12.0. The van der Waals surface area contributed by atoms with Crippen LogP contribution in [0.25, 0.3) is 0 Å². The van der Waals surface area contributed by atoms with Crippen LogP contribution in [0.1, 0.15) is 17.3 Å². The van der Waals surface area contributed by atoms with Gasteiger partial charge in [0.1, 0.15) is 0 Å². The number of aldehydes is 1. The molecule has 1 rings (SSSR count). The number of carbonyl (C=O) groups excluding carboxylic acids is 2. The Morgan fingerprint density at radius 3 is 2.69 bits per heavy atom. The van der Waals surface area contributed by atoms with E-state index in [-0.39, 0.29) is 17.0 Å². The molecule has 0 aliphatic carbocycles. The second-order valence-electron chi connectivity index (χ2n) is 3.01. The second-order valence-corrected chi connectivity index (χ2v) is 3.01. The van der Waals surface area contributed by atoms with Gasteiger partial charge in [0, 0.05) is 6.92 Å². The molecule has 0 aliphatic heterocycles. The topological polar surface area (TPSA) is 75.6 Å². The average molecular weight is 227 g/mol. The number of methoxy groups -OCH3 is 1. The van der Waals surface area contributed by atoms with Crippen LogP contribution < -0.4 is 10.1 Å². The molecule has 0 fully saturated rings. The number of anilines is 1. The highest BCUT2D eigenvalue weighted by Crippen LogP contribution is 2.35. The molecule has 0 aliphatic rings. The Hall–Kier alpha value is -2.11. The Kier molecular flexibility index (Phi) is 3.44. The molecule has 0 spiro atoms. The monoisotopic (exact) mass is 227 g/mol. The van der Waals surface area contributed by atoms with Crippen molar-refractivity contribution >= 4 is 17.9 Å². The summed E-state index contributed by atoms with van der Waals surface area (Å²) < 4.78 is 18.1. The van der Waals surface area contributed by atoms with Gasteiger partial charge in [-0.2, -0.15) is 4.39 Å². The van der Waals surface area contributed by atoms with Crippen molar-refractivity contribution in [2.24, 2.45) is 0 Å². The molecule has 0 heterocycles. The van der Waals surface area contributed by atoms with Crippen molar-refractivity contribution < 1.29 is 23.8 Å². The van der Waals surface area contributed by atoms with Crippen molar-refractivity contribution in [2.75, 3.05) is 12.4 Å². The third-order valence-electron chi connectivity index (χ3n) is 1.87. The summed E-state index contributed by atoms with van der Waals surface area (Å²) in [7, 11) is 1.17. The first-order chi connectivity index (χ1) is 7.51. The number of halogens is 1. The van der Waals surface area contributed by atoms with Crippen LogP contribution >= 0.6 is 0 Å². The Labute approximate surface area is 90.8 Å². The number of hydrogen-bond donors (Lipinski definition) is 2. The largest absolute Gasteiger partial charge is 0.503 e. The second kappa shape index (κ2) is 4.61. The molecule has 0 saturated carbocycles. The van der Waals surface area contributed by atoms with Crippen LogP contribution in [0.4, 0.5) is 10.1 Å². The summed E-state index contributed by atoms with van der Waals surface area (Å²) in [5.74, 6) is -2.70. The van der Waals surface area contributed by atoms with Gasteiger partial charge >= 0.3 is 0 Å². The lowest BCUT2D eigenvalue weighted by Gasteiger charge is -2.11. The lowest BCUT2D eigenvalue weighted by Crippen LogP contribution is -2.08. The lowest BCUT2D eigenvalue weighted by molar-refractivity contribution is -0.114. The fourth-order valence-electron chi connectivity index (χ4n) is 1.22. The summed E-state index contributed by atoms with van der Waals surface area (Å²) in [6, 6.07) is 1.13. The molecule has 5 nitrogen and oxygen atoms in total. The van der Waals surface area contributed by atoms with Gasteiger partial charge in [0.15, 0.2) is 17.8 Å². The van der Waals surface area contributed by atoms with Crippen LogP contribution in [-0.4, -0.2) is 24.4 Å². The molecular formula is C10H10FNO4. The summed E-state index contributed by atoms with van der Waals surface area (Å²) in [5.41, 5.74) is -0.269. The zero-order valence-electron chi connectivity index (χ0n) is 8.70. The Morgan fingerprint density at radius 2 is 2.25 bits per heavy atom. The summed E-state index contributed by atoms with van der Waals surface area (Å²) in [6.45, 7) is 1.20. The van der Waals surface area contributed by atoms with E-state index in [2.05, 4.69) is 10.1 Å². The molecule has 1 aromatic carbocycles. The van der Waals surface area contributed by atoms with Gasteiger partial charge in [0.05, 0.1) is 18.4 Å². The molecule has 0 atom stereocenters. The zero-order valence-corrected chi connectivity index (χ0v) is 8.70. The van der Waals surface area contributed by atoms with Gasteiger partial charge in [0.25, 0.3) is 0 Å². The third kappa shape index (κ3) is 2.10. The minimum atomic E-state index is -1.09. The van der Waals surface area contributed by atoms with E-state index >= 15 is 0 Å². The predicted octanol–water partition coefficient (Wildman–Crippen LogP) is 1.31. The van der Waals surface area contributed by atoms with Gasteiger partial charge in [-0.15, -0.1) is 0 Å². The highest BCUT2D eigenvalue weighted by molar-refractivity contribution is 5.93. The first-order valence-corrected chi connectivity index (χ1v) is 4.33. The Balaban J connectivity index is 3.38. The standard InChI is InChI=1S/C10H10FNO4/c1-5(14)12-7-3-6(4-13)10(16-2)8(11)9(7)15/h3-4,15H,1-2H3,(H,12,14). The minimum absolute atomic E-state index is 0.0958. The van der Waals surface area contributed by atoms with Crippen molar-refractivity contribution in [2.45, 2.75) is 6.92 Å². The number of phenolic OH excluding ortho intramolecular Hbond substituents is 1. The molecule has 1 aromatic rings. The van der Waals surface area contributed by atoms with E-state index in [1.165, 1.54) is 14.0 Å². The van der Waals surface area contributed by atoms with Crippen LogP contribution in [-0.2, 0) is 4.79 Å². The molecule has 0 aromatic heterocycles. The van der Waals surface area contributed by atoms with E-state index in [0.29, 0.717) is 6.29 Å². The molecule has 86 valence electrons. The molecule has 16 heavy (non-hydrogen) atoms. The van der Waals surface area contributed by atoms with E-state index in [4.69, 9.17) is 0 Å². The van der Waals surface area contributed by atoms with Gasteiger partial charge in [-0.1, -0.05) is 0 Å². The van der Waals surface area contributed by atoms with E-state index < -0.39 is 17.5 Å². The van der Waals surface area contributed by atoms with Crippen molar-refractivity contribution in [3.63, 3.8) is 0 Å². The number of amides is 1. The van der Waals surface area contributed by atoms with Crippen molar-refractivity contribution in [1.29, 1.82) is 0 Å². The van der Waals surface area contributed by atoms with Gasteiger partial charge in [-0.3, -0.25) is 9.59 Å². The van der Waals surface area contributed by atoms with E-state index in [0.717, 1.165) is 6.07 Å². The molecule has 0 saturated heterocycles. The Bertz CT molecular complexity index is 445. The van der Waals surface area contributed by atoms with Gasteiger partial charge in [-0.25, -0.2) is 0 Å². The molecule has 6 heteroatoms. The summed E-state index contributed by atoms with van der Waals surface area (Å²) >= 11 is 0. The minimum Gasteiger partial charge on any atom is -0.503 e. The SMILES string of the molecule is COc1c(C=O)cc(NC(C)=O)c(O)c1F. The van der Waals surface area contributed by atoms with Crippen molar-refractivity contribution in [3.8, 4) is 11.5 Å². The number of aromatic hydroxyl groups is 1. The van der Waals surface area contributed by atoms with Crippen LogP contribution in [0.5, 0.6) is 11.5 Å². The molecule has 0 unspecified atom stereocenters. The van der Waals surface area contributed by atoms with E-state index in [1.807, 2.05) is 0 Å². The van der Waals surface area contributed by atoms with Gasteiger partial charge < -0.3 is 15.2 Å². The molecule has 0 bridgehead atoms. The normalized spacial score (nSPS) is 9.69. The smallest absolute Gasteiger partial charge is 0.221 e. The van der Waals surface area contributed by atoms with Crippen LogP contribution in [0.3, 0.4) is 0 Å². The Morgan fingerprint density at radius 1 is 1.62 bits per heavy atom. The first-order valence-electron chi connectivity index (χ1n) is 4.33. The highest BCUT2D eigenvalue weighted by atomic mass is 19.1. The lowest BCUT2D eigenvalue weighted by atomic mass is 10.1. The number of nitrogens with one attached hydrogen (secondary N) is 1. The van der Waals surface area contributed by atoms with E-state index in [9.17, 15) is 19.1 Å². The average Bonchev–Trinajstić information content (AvgIpc) is 2.24. The number of rotatable bonds is 3. The zero-order chi connectivity index (χ0) is 12.3. The summed E-state index contributed by atoms with van der Waals surface area (Å²) in [6.07, 6.45) is 0.368. The van der Waals surface area contributed by atoms with Crippen LogP contribution in [0.15, 0.2) is 6.07 Å². The maximum Gasteiger partial charge on any atom is 0.221 e. The van der Waals surface area contributed by atoms with Crippen LogP contribution in [0, 0.1) is 5.82 Å². The number of phenols is 1. The molecule has 1 amide bonds. The van der Waals surface area contributed by atoms with Crippen molar-refractivity contribution in [1.82, 2.24) is 0 Å². The van der Waals surface area contributed by atoms with Crippen molar-refractivity contribution in [3.05, 3.63) is 17.4 Å². The molecule has 0 radical (unpaired) electrons. The van der Waals surface area contributed by atoms with Gasteiger partial charge in [0.2, 0.25) is 11.7 Å².